The third-order valence-electron chi connectivity index (χ3n) is 2.87. The van der Waals surface area contributed by atoms with Crippen molar-refractivity contribution in [2.75, 3.05) is 7.11 Å². The number of methoxy groups -OCH3 is 1. The number of rotatable bonds is 5. The highest BCUT2D eigenvalue weighted by Crippen LogP contribution is 2.32. The molecule has 0 heterocycles. The summed E-state index contributed by atoms with van der Waals surface area (Å²) < 4.78 is 10.9. The average Bonchev–Trinajstić information content (AvgIpc) is 2.46. The number of hydrogen-bond acceptors (Lipinski definition) is 4. The van der Waals surface area contributed by atoms with E-state index >= 15 is 0 Å². The summed E-state index contributed by atoms with van der Waals surface area (Å²) in [4.78, 5) is 11.8. The van der Waals surface area contributed by atoms with E-state index in [-0.39, 0.29) is 12.4 Å². The van der Waals surface area contributed by atoms with Crippen LogP contribution in [0.4, 0.5) is 0 Å². The molecule has 4 nitrogen and oxygen atoms in total. The average molecular weight is 272 g/mol. The minimum atomic E-state index is -0.129. The molecule has 104 valence electrons. The van der Waals surface area contributed by atoms with Gasteiger partial charge in [-0.2, -0.15) is 0 Å². The van der Waals surface area contributed by atoms with Gasteiger partial charge in [0.2, 0.25) is 0 Å². The monoisotopic (exact) mass is 272 g/mol. The Morgan fingerprint density at radius 3 is 2.50 bits per heavy atom. The van der Waals surface area contributed by atoms with Crippen LogP contribution >= 0.6 is 0 Å². The molecule has 0 aromatic heterocycles. The van der Waals surface area contributed by atoms with Gasteiger partial charge in [-0.15, -0.1) is 0 Å². The molecule has 2 aromatic carbocycles. The quantitative estimate of drug-likeness (QED) is 0.849. The highest BCUT2D eigenvalue weighted by Gasteiger charge is 2.15. The molecule has 0 bridgehead atoms. The third kappa shape index (κ3) is 2.97. The van der Waals surface area contributed by atoms with Crippen LogP contribution in [0.5, 0.6) is 17.2 Å². The van der Waals surface area contributed by atoms with E-state index in [0.717, 1.165) is 5.56 Å². The number of aliphatic hydroxyl groups is 1. The van der Waals surface area contributed by atoms with Gasteiger partial charge in [0.25, 0.3) is 0 Å². The van der Waals surface area contributed by atoms with Gasteiger partial charge in [-0.3, -0.25) is 4.79 Å². The van der Waals surface area contributed by atoms with Crippen LogP contribution in [-0.2, 0) is 6.61 Å². The molecule has 0 spiro atoms. The van der Waals surface area contributed by atoms with Crippen molar-refractivity contribution in [2.45, 2.75) is 13.5 Å². The van der Waals surface area contributed by atoms with E-state index in [1.54, 1.807) is 42.5 Å². The Morgan fingerprint density at radius 2 is 1.85 bits per heavy atom. The molecule has 0 amide bonds. The standard InChI is InChI=1S/C16H16O4/c1-11(18)16-14(19-2)7-4-8-15(16)20-13-6-3-5-12(9-13)10-17/h3-9,17H,10H2,1-2H3. The maximum absolute atomic E-state index is 11.8. The summed E-state index contributed by atoms with van der Waals surface area (Å²) in [6, 6.07) is 12.3. The summed E-state index contributed by atoms with van der Waals surface area (Å²) in [5, 5.41) is 9.12. The van der Waals surface area contributed by atoms with E-state index in [1.807, 2.05) is 0 Å². The van der Waals surface area contributed by atoms with Crippen molar-refractivity contribution in [3.05, 3.63) is 53.6 Å². The first-order chi connectivity index (χ1) is 9.65. The Bertz CT molecular complexity index is 620. The first-order valence-electron chi connectivity index (χ1n) is 6.21. The second-order valence-electron chi connectivity index (χ2n) is 4.30. The normalized spacial score (nSPS) is 10.2. The number of benzene rings is 2. The Labute approximate surface area is 117 Å². The number of carbonyl (C=O) groups excluding carboxylic acids is 1. The lowest BCUT2D eigenvalue weighted by molar-refractivity contribution is 0.101. The second-order valence-corrected chi connectivity index (χ2v) is 4.30. The van der Waals surface area contributed by atoms with Gasteiger partial charge in [-0.05, 0) is 36.8 Å². The SMILES string of the molecule is COc1cccc(Oc2cccc(CO)c2)c1C(C)=O. The number of aliphatic hydroxyl groups excluding tert-OH is 1. The van der Waals surface area contributed by atoms with Crippen molar-refractivity contribution < 1.29 is 19.4 Å². The van der Waals surface area contributed by atoms with Gasteiger partial charge in [0.05, 0.1) is 13.7 Å². The molecule has 0 aliphatic heterocycles. The highest BCUT2D eigenvalue weighted by molar-refractivity contribution is 5.99. The van der Waals surface area contributed by atoms with Crippen molar-refractivity contribution in [3.63, 3.8) is 0 Å². The number of Topliss-reactive ketones (excluding diaryl/α,β-unsaturated/α-hetero) is 1. The van der Waals surface area contributed by atoms with Gasteiger partial charge in [-0.25, -0.2) is 0 Å². The van der Waals surface area contributed by atoms with Crippen LogP contribution in [0.1, 0.15) is 22.8 Å². The fourth-order valence-corrected chi connectivity index (χ4v) is 1.95. The Balaban J connectivity index is 2.40. The zero-order chi connectivity index (χ0) is 14.5. The highest BCUT2D eigenvalue weighted by atomic mass is 16.5. The van der Waals surface area contributed by atoms with Gasteiger partial charge in [0.15, 0.2) is 5.78 Å². The molecule has 0 aliphatic rings. The minimum Gasteiger partial charge on any atom is -0.496 e. The molecule has 0 fully saturated rings. The molecule has 2 aromatic rings. The third-order valence-corrected chi connectivity index (χ3v) is 2.87. The molecular formula is C16H16O4. The van der Waals surface area contributed by atoms with Crippen LogP contribution in [0.2, 0.25) is 0 Å². The molecule has 2 rings (SSSR count). The smallest absolute Gasteiger partial charge is 0.167 e. The first-order valence-corrected chi connectivity index (χ1v) is 6.21. The summed E-state index contributed by atoms with van der Waals surface area (Å²) >= 11 is 0. The van der Waals surface area contributed by atoms with Gasteiger partial charge in [0, 0.05) is 0 Å². The predicted molar refractivity (Wildman–Crippen MR) is 75.4 cm³/mol. The molecule has 1 N–H and O–H groups in total. The zero-order valence-corrected chi connectivity index (χ0v) is 11.4. The summed E-state index contributed by atoms with van der Waals surface area (Å²) in [5.41, 5.74) is 1.15. The molecule has 0 saturated carbocycles. The lowest BCUT2D eigenvalue weighted by Gasteiger charge is -2.13. The van der Waals surface area contributed by atoms with Gasteiger partial charge < -0.3 is 14.6 Å². The van der Waals surface area contributed by atoms with E-state index in [1.165, 1.54) is 14.0 Å². The molecule has 0 unspecified atom stereocenters. The number of ether oxygens (including phenoxy) is 2. The van der Waals surface area contributed by atoms with Gasteiger partial charge >= 0.3 is 0 Å². The summed E-state index contributed by atoms with van der Waals surface area (Å²) in [6.45, 7) is 1.41. The fourth-order valence-electron chi connectivity index (χ4n) is 1.95. The molecule has 0 radical (unpaired) electrons. The van der Waals surface area contributed by atoms with Crippen molar-refractivity contribution in [2.24, 2.45) is 0 Å². The van der Waals surface area contributed by atoms with Crippen LogP contribution in [0.25, 0.3) is 0 Å². The lowest BCUT2D eigenvalue weighted by Crippen LogP contribution is -2.01. The van der Waals surface area contributed by atoms with Crippen LogP contribution in [0.15, 0.2) is 42.5 Å². The van der Waals surface area contributed by atoms with Crippen LogP contribution in [0.3, 0.4) is 0 Å². The maximum Gasteiger partial charge on any atom is 0.167 e. The van der Waals surface area contributed by atoms with Crippen molar-refractivity contribution in [1.82, 2.24) is 0 Å². The summed E-state index contributed by atoms with van der Waals surface area (Å²) in [6.07, 6.45) is 0. The molecule has 20 heavy (non-hydrogen) atoms. The Kier molecular flexibility index (Phi) is 4.38. The van der Waals surface area contributed by atoms with Crippen molar-refractivity contribution >= 4 is 5.78 Å². The molecule has 0 saturated heterocycles. The summed E-state index contributed by atoms with van der Waals surface area (Å²) in [5.74, 6) is 1.35. The maximum atomic E-state index is 11.8. The largest absolute Gasteiger partial charge is 0.496 e. The predicted octanol–water partition coefficient (Wildman–Crippen LogP) is 3.18. The van der Waals surface area contributed by atoms with Crippen molar-refractivity contribution in [1.29, 1.82) is 0 Å². The molecule has 4 heteroatoms. The van der Waals surface area contributed by atoms with Gasteiger partial charge in [0.1, 0.15) is 22.8 Å². The van der Waals surface area contributed by atoms with E-state index in [9.17, 15) is 4.79 Å². The number of ketones is 1. The second kappa shape index (κ2) is 6.21. The van der Waals surface area contributed by atoms with Crippen LogP contribution < -0.4 is 9.47 Å². The van der Waals surface area contributed by atoms with Crippen LogP contribution in [-0.4, -0.2) is 18.0 Å². The van der Waals surface area contributed by atoms with E-state index < -0.39 is 0 Å². The number of carbonyl (C=O) groups is 1. The summed E-state index contributed by atoms with van der Waals surface area (Å²) in [7, 11) is 1.51. The van der Waals surface area contributed by atoms with Crippen molar-refractivity contribution in [3.8, 4) is 17.2 Å². The Hall–Kier alpha value is -2.33. The number of hydrogen-bond donors (Lipinski definition) is 1. The van der Waals surface area contributed by atoms with Gasteiger partial charge in [-0.1, -0.05) is 18.2 Å². The van der Waals surface area contributed by atoms with Crippen LogP contribution in [0, 0.1) is 0 Å². The minimum absolute atomic E-state index is 0.0606. The van der Waals surface area contributed by atoms with E-state index in [2.05, 4.69) is 0 Å². The zero-order valence-electron chi connectivity index (χ0n) is 11.4. The fraction of sp³-hybridized carbons (Fsp3) is 0.188. The Morgan fingerprint density at radius 1 is 1.15 bits per heavy atom. The topological polar surface area (TPSA) is 55.8 Å². The van der Waals surface area contributed by atoms with E-state index in [0.29, 0.717) is 22.8 Å². The first kappa shape index (κ1) is 14.1. The lowest BCUT2D eigenvalue weighted by atomic mass is 10.1. The van der Waals surface area contributed by atoms with E-state index in [4.69, 9.17) is 14.6 Å². The molecule has 0 atom stereocenters. The molecular weight excluding hydrogens is 256 g/mol. The molecule has 0 aliphatic carbocycles.